The summed E-state index contributed by atoms with van der Waals surface area (Å²) in [5.74, 6) is 0.794. The third-order valence-corrected chi connectivity index (χ3v) is 27.0. The van der Waals surface area contributed by atoms with Gasteiger partial charge in [-0.25, -0.2) is 4.79 Å². The first kappa shape index (κ1) is 81.0. The van der Waals surface area contributed by atoms with Crippen molar-refractivity contribution in [1.29, 1.82) is 0 Å². The summed E-state index contributed by atoms with van der Waals surface area (Å²) in [6.07, 6.45) is 6.89. The number of ether oxygens (including phenoxy) is 1. The van der Waals surface area contributed by atoms with Gasteiger partial charge in [0.2, 0.25) is 5.60 Å². The van der Waals surface area contributed by atoms with Gasteiger partial charge in [0.05, 0.1) is 6.61 Å². The van der Waals surface area contributed by atoms with Crippen molar-refractivity contribution in [1.82, 2.24) is 34.6 Å². The van der Waals surface area contributed by atoms with Crippen LogP contribution in [0.1, 0.15) is 179 Å². The van der Waals surface area contributed by atoms with Crippen molar-refractivity contribution in [3.05, 3.63) is 326 Å². The lowest BCUT2D eigenvalue weighted by molar-refractivity contribution is -0.143. The summed E-state index contributed by atoms with van der Waals surface area (Å²) in [7, 11) is -2.01. The monoisotopic (exact) mass is 1650 g/mol. The third-order valence-electron chi connectivity index (χ3n) is 27.0. The fourth-order valence-corrected chi connectivity index (χ4v) is 19.9. The van der Waals surface area contributed by atoms with Gasteiger partial charge in [-0.1, -0.05) is 188 Å². The molecule has 20 rings (SSSR count). The van der Waals surface area contributed by atoms with Crippen LogP contribution < -0.4 is 38.6 Å². The molecule has 0 saturated carbocycles. The molecule has 0 radical (unpaired) electrons. The molecule has 626 valence electrons. The summed E-state index contributed by atoms with van der Waals surface area (Å²) in [4.78, 5) is 102. The Bertz CT molecular complexity index is 6280. The number of amides is 4. The number of nitrogens with two attached hydrogens (primary N) is 4. The van der Waals surface area contributed by atoms with E-state index in [0.717, 1.165) is 112 Å². The summed E-state index contributed by atoms with van der Waals surface area (Å²) in [6, 6.07) is 78.7. The number of hydrogen-bond donors (Lipinski definition) is 7. The second kappa shape index (κ2) is 33.9. The SMILES string of the molecule is C[C@@]1(c2cccc3[nH]c(C(=O)N4CCC(c5cccc(CN)c5)CC4)cc23)OB(c2cccc(-c3cccc(C(=O)N4CCC(c5cccc(CN)c5)CC4)c3)c2)OC1=O.NCc1cccc(C2CCN(C(=O)c3cc4c([C@@]5(c6ccccc6)OB(c6ccc7[nH]c(C(=O)N8CCC9(CC8)COc8ccc(CN)cc89)cc7c6)OC5=O)cccc4[nH]3)CC2)c1. The van der Waals surface area contributed by atoms with Crippen LogP contribution in [-0.4, -0.2) is 143 Å². The number of rotatable bonds is 17. The normalized spacial score (nSPS) is 19.3. The highest BCUT2D eigenvalue weighted by Crippen LogP contribution is 2.48. The van der Waals surface area contributed by atoms with E-state index >= 15 is 0 Å². The number of benzene rings is 10. The topological polar surface area (TPSA) is 313 Å². The van der Waals surface area contributed by atoms with Crippen molar-refractivity contribution in [3.63, 3.8) is 0 Å². The molecule has 4 amide bonds. The average Bonchev–Trinajstić information content (AvgIpc) is 1.54. The molecule has 11 N–H and O–H groups in total. The molecule has 13 aromatic rings. The summed E-state index contributed by atoms with van der Waals surface area (Å²) < 4.78 is 31.6. The van der Waals surface area contributed by atoms with Gasteiger partial charge >= 0.3 is 26.2 Å². The molecule has 1 spiro atoms. The number of aromatic nitrogens is 3. The summed E-state index contributed by atoms with van der Waals surface area (Å²) in [5.41, 5.74) is 39.0. The molecule has 0 unspecified atom stereocenters. The van der Waals surface area contributed by atoms with Crippen molar-refractivity contribution in [2.24, 2.45) is 22.9 Å². The first-order chi connectivity index (χ1) is 60.4. The zero-order valence-corrected chi connectivity index (χ0v) is 69.4. The lowest BCUT2D eigenvalue weighted by Gasteiger charge is -2.38. The summed E-state index contributed by atoms with van der Waals surface area (Å²) >= 11 is 0. The lowest BCUT2D eigenvalue weighted by atomic mass is 9.74. The Labute approximate surface area is 720 Å². The lowest BCUT2D eigenvalue weighted by Crippen LogP contribution is -2.46. The molecular formula is C100H99B2N11O11. The Morgan fingerprint density at radius 3 is 1.44 bits per heavy atom. The quantitative estimate of drug-likeness (QED) is 0.0417. The average molecular weight is 1650 g/mol. The van der Waals surface area contributed by atoms with E-state index in [1.54, 1.807) is 6.92 Å². The van der Waals surface area contributed by atoms with Crippen molar-refractivity contribution >= 4 is 93.4 Å². The molecule has 6 saturated heterocycles. The van der Waals surface area contributed by atoms with E-state index in [0.29, 0.717) is 164 Å². The maximum absolute atomic E-state index is 14.5. The maximum atomic E-state index is 14.5. The van der Waals surface area contributed by atoms with E-state index in [1.807, 2.05) is 196 Å². The maximum Gasteiger partial charge on any atom is 0.566 e. The molecule has 7 aliphatic heterocycles. The van der Waals surface area contributed by atoms with Gasteiger partial charge in [-0.05, 0) is 203 Å². The third kappa shape index (κ3) is 15.3. The number of likely N-dealkylation sites (tertiary alicyclic amines) is 4. The summed E-state index contributed by atoms with van der Waals surface area (Å²) in [6.45, 7) is 9.50. The molecule has 7 aliphatic rings. The molecule has 124 heavy (non-hydrogen) atoms. The fraction of sp³-hybridized carbons (Fsp3) is 0.280. The van der Waals surface area contributed by atoms with Crippen molar-refractivity contribution in [2.75, 3.05) is 59.0 Å². The van der Waals surface area contributed by atoms with Crippen molar-refractivity contribution < 1.29 is 52.1 Å². The minimum absolute atomic E-state index is 0.0177. The molecule has 6 fully saturated rings. The van der Waals surface area contributed by atoms with Gasteiger partial charge in [-0.3, -0.25) is 24.0 Å². The van der Waals surface area contributed by atoms with Crippen LogP contribution in [0.5, 0.6) is 5.75 Å². The number of aromatic amines is 3. The number of nitrogens with zero attached hydrogens (tertiary/aromatic N) is 4. The minimum Gasteiger partial charge on any atom is -0.503 e. The zero-order valence-electron chi connectivity index (χ0n) is 69.4. The molecule has 22 nitrogen and oxygen atoms in total. The molecule has 0 bridgehead atoms. The molecule has 10 aromatic carbocycles. The second-order valence-corrected chi connectivity index (χ2v) is 34.4. The van der Waals surface area contributed by atoms with Crippen LogP contribution in [0.15, 0.2) is 243 Å². The van der Waals surface area contributed by atoms with Crippen LogP contribution in [0.3, 0.4) is 0 Å². The van der Waals surface area contributed by atoms with E-state index < -0.39 is 37.4 Å². The zero-order chi connectivity index (χ0) is 85.0. The minimum atomic E-state index is -1.64. The number of carbonyl (C=O) groups excluding carboxylic acids is 6. The van der Waals surface area contributed by atoms with Gasteiger partial charge in [0.15, 0.2) is 5.60 Å². The number of hydrogen-bond acceptors (Lipinski definition) is 15. The van der Waals surface area contributed by atoms with Crippen LogP contribution in [0.4, 0.5) is 0 Å². The van der Waals surface area contributed by atoms with Crippen molar-refractivity contribution in [2.45, 2.75) is 119 Å². The molecule has 2 atom stereocenters. The first-order valence-electron chi connectivity index (χ1n) is 43.4. The van der Waals surface area contributed by atoms with Crippen LogP contribution in [0, 0.1) is 0 Å². The first-order valence-corrected chi connectivity index (χ1v) is 43.4. The van der Waals surface area contributed by atoms with Gasteiger partial charge in [0, 0.05) is 134 Å². The smallest absolute Gasteiger partial charge is 0.503 e. The predicted molar refractivity (Wildman–Crippen MR) is 480 cm³/mol. The Balaban J connectivity index is 0.000000163. The number of carbonyl (C=O) groups is 6. The largest absolute Gasteiger partial charge is 0.566 e. The van der Waals surface area contributed by atoms with Crippen LogP contribution >= 0.6 is 0 Å². The van der Waals surface area contributed by atoms with E-state index in [9.17, 15) is 28.8 Å². The standard InChI is InChI=1S/C51H49BN6O6.C49H50BN5O5/c53-29-32-6-4-7-35(24-32)34-16-20-57(21-17-34)48(60)45-28-39-40(10-5-11-43(39)56-45)51(37-8-2-1-3-9-37)49(61)63-52(64-51)38-13-14-42-36(26-38)27-44(55-42)47(59)58-22-18-50(19-23-58)31-62-46-15-12-33(30-54)25-41(46)50;1-49(43-15-6-16-44-42(43)29-45(53-44)47(57)55-23-19-35(20-24-55)37-10-3-8-33(26-37)31-52)48(58)59-50(60-49)41-14-5-12-39(28-41)38-11-4-13-40(27-38)46(56)54-21-17-34(18-22-54)36-9-2-7-32(25-36)30-51/h1-15,24-28,34,55-56H,16-23,29-31,53-54H2;2-16,25-29,34-35,53H,17-24,30-31,51-52H2,1H3/t51-;49-/m10/s1. The number of piperidine rings is 4. The molecule has 3 aromatic heterocycles. The van der Waals surface area contributed by atoms with Gasteiger partial charge in [-0.2, -0.15) is 0 Å². The number of H-pyrrole nitrogens is 3. The van der Waals surface area contributed by atoms with E-state index in [-0.39, 0.29) is 29.0 Å². The summed E-state index contributed by atoms with van der Waals surface area (Å²) in [5, 5.41) is 2.22. The highest BCUT2D eigenvalue weighted by Gasteiger charge is 2.57. The Morgan fingerprint density at radius 2 is 0.871 bits per heavy atom. The highest BCUT2D eigenvalue weighted by molar-refractivity contribution is 6.65. The highest BCUT2D eigenvalue weighted by atomic mass is 16.7. The van der Waals surface area contributed by atoms with Gasteiger partial charge in [0.25, 0.3) is 23.6 Å². The van der Waals surface area contributed by atoms with Gasteiger partial charge in [-0.15, -0.1) is 0 Å². The Kier molecular flexibility index (Phi) is 22.1. The second-order valence-electron chi connectivity index (χ2n) is 34.4. The fourth-order valence-electron chi connectivity index (χ4n) is 19.9. The molecule has 0 aliphatic carbocycles. The van der Waals surface area contributed by atoms with E-state index in [1.165, 1.54) is 22.3 Å². The van der Waals surface area contributed by atoms with Gasteiger partial charge < -0.3 is 80.8 Å². The predicted octanol–water partition coefficient (Wildman–Crippen LogP) is 13.3. The number of fused-ring (bicyclic) bond motifs is 5. The van der Waals surface area contributed by atoms with Gasteiger partial charge in [0.1, 0.15) is 22.8 Å². The van der Waals surface area contributed by atoms with E-state index in [2.05, 4.69) is 81.7 Å². The van der Waals surface area contributed by atoms with Crippen LogP contribution in [0.2, 0.25) is 0 Å². The Morgan fingerprint density at radius 1 is 0.403 bits per heavy atom. The number of nitrogens with one attached hydrogen (secondary N) is 3. The van der Waals surface area contributed by atoms with Crippen molar-refractivity contribution in [3.8, 4) is 16.9 Å². The van der Waals surface area contributed by atoms with Crippen LogP contribution in [0.25, 0.3) is 43.8 Å². The molecular weight excluding hydrogens is 1550 g/mol. The van der Waals surface area contributed by atoms with Crippen LogP contribution in [-0.2, 0) is 71.0 Å². The molecule has 10 heterocycles. The van der Waals surface area contributed by atoms with E-state index in [4.69, 9.17) is 46.3 Å². The Hall–Kier alpha value is -12.7. The molecule has 24 heteroatoms.